The lowest BCUT2D eigenvalue weighted by atomic mass is 9.96. The van der Waals surface area contributed by atoms with E-state index in [4.69, 9.17) is 0 Å². The average molecular weight is 295 g/mol. The fraction of sp³-hybridized carbons (Fsp3) is 0.368. The van der Waals surface area contributed by atoms with Crippen molar-refractivity contribution in [2.24, 2.45) is 17.3 Å². The fourth-order valence-corrected chi connectivity index (χ4v) is 3.69. The van der Waals surface area contributed by atoms with Crippen molar-refractivity contribution >= 4 is 17.8 Å². The first kappa shape index (κ1) is 14.8. The lowest BCUT2D eigenvalue weighted by Crippen LogP contribution is -2.24. The Labute approximate surface area is 131 Å². The minimum absolute atomic E-state index is 0.0837. The van der Waals surface area contributed by atoms with Crippen molar-refractivity contribution in [3.8, 4) is 0 Å². The molecule has 0 aliphatic heterocycles. The van der Waals surface area contributed by atoms with E-state index in [1.807, 2.05) is 30.3 Å². The molecule has 114 valence electrons. The summed E-state index contributed by atoms with van der Waals surface area (Å²) in [5.41, 5.74) is 2.84. The molecule has 1 aromatic rings. The van der Waals surface area contributed by atoms with Crippen LogP contribution in [0.5, 0.6) is 0 Å². The number of nitrogens with one attached hydrogen (secondary N) is 1. The molecule has 1 aromatic carbocycles. The number of rotatable bonds is 4. The SMILES string of the molecule is CC(=O)C1=C(NC(=O)C=Cc2ccccc2)CC2C1C2(C)C. The number of hydrogen-bond donors (Lipinski definition) is 1. The number of allylic oxidation sites excluding steroid dienone is 2. The number of amides is 1. The second kappa shape index (κ2) is 5.24. The molecule has 0 aromatic heterocycles. The highest BCUT2D eigenvalue weighted by Crippen LogP contribution is 2.68. The number of fused-ring (bicyclic) bond motifs is 1. The van der Waals surface area contributed by atoms with Gasteiger partial charge in [-0.1, -0.05) is 44.2 Å². The van der Waals surface area contributed by atoms with Crippen LogP contribution < -0.4 is 5.32 Å². The van der Waals surface area contributed by atoms with Gasteiger partial charge in [-0.3, -0.25) is 9.59 Å². The molecule has 2 aliphatic carbocycles. The zero-order valence-corrected chi connectivity index (χ0v) is 13.2. The van der Waals surface area contributed by atoms with Crippen LogP contribution in [-0.2, 0) is 9.59 Å². The third-order valence-corrected chi connectivity index (χ3v) is 4.99. The Bertz CT molecular complexity index is 683. The second-order valence-corrected chi connectivity index (χ2v) is 6.79. The topological polar surface area (TPSA) is 46.2 Å². The maximum absolute atomic E-state index is 12.1. The molecule has 0 spiro atoms. The first-order valence-corrected chi connectivity index (χ1v) is 7.69. The Balaban J connectivity index is 1.71. The summed E-state index contributed by atoms with van der Waals surface area (Å²) < 4.78 is 0. The Kier molecular flexibility index (Phi) is 3.51. The molecule has 1 saturated carbocycles. The zero-order chi connectivity index (χ0) is 15.9. The molecule has 1 N–H and O–H groups in total. The first-order chi connectivity index (χ1) is 10.4. The van der Waals surface area contributed by atoms with Gasteiger partial charge < -0.3 is 5.32 Å². The maximum Gasteiger partial charge on any atom is 0.248 e. The predicted molar refractivity (Wildman–Crippen MR) is 86.7 cm³/mol. The first-order valence-electron chi connectivity index (χ1n) is 7.69. The van der Waals surface area contributed by atoms with Crippen LogP contribution in [0.25, 0.3) is 6.08 Å². The number of benzene rings is 1. The summed E-state index contributed by atoms with van der Waals surface area (Å²) in [6.45, 7) is 5.98. The highest BCUT2D eigenvalue weighted by atomic mass is 16.1. The molecule has 2 atom stereocenters. The average Bonchev–Trinajstić information content (AvgIpc) is 2.85. The molecule has 0 bridgehead atoms. The van der Waals surface area contributed by atoms with Crippen LogP contribution in [0.4, 0.5) is 0 Å². The molecule has 0 saturated heterocycles. The van der Waals surface area contributed by atoms with Gasteiger partial charge in [0.15, 0.2) is 5.78 Å². The van der Waals surface area contributed by atoms with Crippen molar-refractivity contribution in [1.82, 2.24) is 5.32 Å². The molecule has 0 heterocycles. The van der Waals surface area contributed by atoms with Crippen LogP contribution in [0.3, 0.4) is 0 Å². The summed E-state index contributed by atoms with van der Waals surface area (Å²) in [4.78, 5) is 24.0. The van der Waals surface area contributed by atoms with E-state index in [1.165, 1.54) is 6.08 Å². The Morgan fingerprint density at radius 1 is 1.23 bits per heavy atom. The summed E-state index contributed by atoms with van der Waals surface area (Å²) in [6.07, 6.45) is 4.11. The van der Waals surface area contributed by atoms with E-state index in [0.717, 1.165) is 23.3 Å². The predicted octanol–water partition coefficient (Wildman–Crippen LogP) is 3.34. The Hall–Kier alpha value is -2.16. The Morgan fingerprint density at radius 2 is 1.91 bits per heavy atom. The van der Waals surface area contributed by atoms with Gasteiger partial charge >= 0.3 is 0 Å². The van der Waals surface area contributed by atoms with E-state index >= 15 is 0 Å². The van der Waals surface area contributed by atoms with Gasteiger partial charge in [-0.05, 0) is 42.2 Å². The van der Waals surface area contributed by atoms with Gasteiger partial charge in [0, 0.05) is 17.3 Å². The summed E-state index contributed by atoms with van der Waals surface area (Å²) >= 11 is 0. The smallest absolute Gasteiger partial charge is 0.248 e. The highest BCUT2D eigenvalue weighted by Gasteiger charge is 2.63. The van der Waals surface area contributed by atoms with Crippen molar-refractivity contribution in [2.75, 3.05) is 0 Å². The molecular formula is C19H21NO2. The quantitative estimate of drug-likeness (QED) is 0.866. The largest absolute Gasteiger partial charge is 0.326 e. The van der Waals surface area contributed by atoms with E-state index in [-0.39, 0.29) is 17.1 Å². The van der Waals surface area contributed by atoms with E-state index in [1.54, 1.807) is 13.0 Å². The second-order valence-electron chi connectivity index (χ2n) is 6.79. The van der Waals surface area contributed by atoms with E-state index in [9.17, 15) is 9.59 Å². The maximum atomic E-state index is 12.1. The van der Waals surface area contributed by atoms with Crippen LogP contribution in [0.15, 0.2) is 47.7 Å². The lowest BCUT2D eigenvalue weighted by Gasteiger charge is -2.14. The van der Waals surface area contributed by atoms with Gasteiger partial charge in [0.05, 0.1) is 0 Å². The molecule has 3 heteroatoms. The standard InChI is InChI=1S/C19H21NO2/c1-12(21)17-15(11-14-18(17)19(14,2)3)20-16(22)10-9-13-7-5-4-6-8-13/h4-10,14,18H,11H2,1-3H3,(H,20,22). The molecule has 1 amide bonds. The van der Waals surface area contributed by atoms with E-state index in [0.29, 0.717) is 11.8 Å². The molecule has 1 fully saturated rings. The van der Waals surface area contributed by atoms with E-state index < -0.39 is 0 Å². The van der Waals surface area contributed by atoms with Crippen LogP contribution >= 0.6 is 0 Å². The number of carbonyl (C=O) groups excluding carboxylic acids is 2. The van der Waals surface area contributed by atoms with Crippen molar-refractivity contribution in [3.05, 3.63) is 53.2 Å². The number of ketones is 1. The normalized spacial score (nSPS) is 25.2. The number of Topliss-reactive ketones (excluding diaryl/α,β-unsaturated/α-hetero) is 1. The molecule has 2 aliphatic rings. The minimum Gasteiger partial charge on any atom is -0.326 e. The Morgan fingerprint density at radius 3 is 2.55 bits per heavy atom. The zero-order valence-electron chi connectivity index (χ0n) is 13.2. The van der Waals surface area contributed by atoms with Crippen molar-refractivity contribution in [3.63, 3.8) is 0 Å². The van der Waals surface area contributed by atoms with Crippen molar-refractivity contribution in [1.29, 1.82) is 0 Å². The summed E-state index contributed by atoms with van der Waals surface area (Å²) in [5, 5.41) is 2.91. The highest BCUT2D eigenvalue weighted by molar-refractivity contribution is 5.99. The minimum atomic E-state index is -0.170. The summed E-state index contributed by atoms with van der Waals surface area (Å²) in [6, 6.07) is 9.68. The van der Waals surface area contributed by atoms with Crippen molar-refractivity contribution < 1.29 is 9.59 Å². The van der Waals surface area contributed by atoms with Gasteiger partial charge in [-0.2, -0.15) is 0 Å². The number of hydrogen-bond acceptors (Lipinski definition) is 2. The van der Waals surface area contributed by atoms with Gasteiger partial charge in [0.2, 0.25) is 5.91 Å². The molecular weight excluding hydrogens is 274 g/mol. The molecule has 3 nitrogen and oxygen atoms in total. The van der Waals surface area contributed by atoms with Gasteiger partial charge in [-0.25, -0.2) is 0 Å². The third kappa shape index (κ3) is 2.52. The van der Waals surface area contributed by atoms with E-state index in [2.05, 4.69) is 19.2 Å². The van der Waals surface area contributed by atoms with Gasteiger partial charge in [-0.15, -0.1) is 0 Å². The van der Waals surface area contributed by atoms with Crippen LogP contribution in [-0.4, -0.2) is 11.7 Å². The molecule has 0 radical (unpaired) electrons. The lowest BCUT2D eigenvalue weighted by molar-refractivity contribution is -0.115. The van der Waals surface area contributed by atoms with Gasteiger partial charge in [0.25, 0.3) is 0 Å². The van der Waals surface area contributed by atoms with Crippen LogP contribution in [0, 0.1) is 17.3 Å². The number of carbonyl (C=O) groups is 2. The van der Waals surface area contributed by atoms with Crippen LogP contribution in [0.2, 0.25) is 0 Å². The van der Waals surface area contributed by atoms with Crippen LogP contribution in [0.1, 0.15) is 32.8 Å². The summed E-state index contributed by atoms with van der Waals surface area (Å²) in [7, 11) is 0. The monoisotopic (exact) mass is 295 g/mol. The summed E-state index contributed by atoms with van der Waals surface area (Å²) in [5.74, 6) is 0.732. The molecule has 3 rings (SSSR count). The van der Waals surface area contributed by atoms with Crippen molar-refractivity contribution in [2.45, 2.75) is 27.2 Å². The third-order valence-electron chi connectivity index (χ3n) is 4.99. The molecule has 2 unspecified atom stereocenters. The van der Waals surface area contributed by atoms with Gasteiger partial charge in [0.1, 0.15) is 0 Å². The fourth-order valence-electron chi connectivity index (χ4n) is 3.69. The molecule has 22 heavy (non-hydrogen) atoms.